The molecule has 0 aromatic heterocycles. The summed E-state index contributed by atoms with van der Waals surface area (Å²) in [6, 6.07) is 6.60. The molecule has 0 spiro atoms. The van der Waals surface area contributed by atoms with Crippen molar-refractivity contribution in [1.82, 2.24) is 0 Å². The summed E-state index contributed by atoms with van der Waals surface area (Å²) in [5, 5.41) is 9.33. The van der Waals surface area contributed by atoms with E-state index in [1.807, 2.05) is 0 Å². The van der Waals surface area contributed by atoms with Crippen molar-refractivity contribution in [3.63, 3.8) is 0 Å². The molecular weight excluding hydrogens is 377 g/mol. The van der Waals surface area contributed by atoms with Crippen LogP contribution in [0.3, 0.4) is 0 Å². The van der Waals surface area contributed by atoms with Crippen LogP contribution in [0.1, 0.15) is 25.3 Å². The highest BCUT2D eigenvalue weighted by atomic mass is 32.2. The lowest BCUT2D eigenvalue weighted by atomic mass is 10.0. The number of carboxylic acids is 1. The number of benzene rings is 1. The van der Waals surface area contributed by atoms with E-state index in [0.29, 0.717) is 11.3 Å². The molecule has 1 aromatic rings. The van der Waals surface area contributed by atoms with Crippen LogP contribution in [0.25, 0.3) is 0 Å². The molecule has 0 unspecified atom stereocenters. The molecule has 0 radical (unpaired) electrons. The summed E-state index contributed by atoms with van der Waals surface area (Å²) in [7, 11) is -3.92. The number of nitrogens with zero attached hydrogens (tertiary/aromatic N) is 1. The SMILES string of the molecule is C[C@@](C[C@H]1CN(c2ccc(C#CCCF)cc2)C(=O)O1)(C(=O)O)S(C)(=O)=O. The largest absolute Gasteiger partial charge is 0.480 e. The monoisotopic (exact) mass is 397 g/mol. The first-order chi connectivity index (χ1) is 12.6. The number of carbonyl (C=O) groups excluding carboxylic acids is 1. The van der Waals surface area contributed by atoms with Gasteiger partial charge in [-0.3, -0.25) is 14.1 Å². The fourth-order valence-corrected chi connectivity index (χ4v) is 3.41. The summed E-state index contributed by atoms with van der Waals surface area (Å²) in [6.45, 7) is 0.616. The zero-order chi connectivity index (χ0) is 20.2. The van der Waals surface area contributed by atoms with Crippen LogP contribution >= 0.6 is 0 Å². The molecule has 1 aliphatic heterocycles. The molecule has 1 saturated heterocycles. The molecule has 1 heterocycles. The molecule has 27 heavy (non-hydrogen) atoms. The van der Waals surface area contributed by atoms with Crippen molar-refractivity contribution in [2.24, 2.45) is 0 Å². The van der Waals surface area contributed by atoms with Gasteiger partial charge in [0.1, 0.15) is 12.8 Å². The number of ether oxygens (including phenoxy) is 1. The van der Waals surface area contributed by atoms with Crippen molar-refractivity contribution in [2.75, 3.05) is 24.4 Å². The molecule has 146 valence electrons. The summed E-state index contributed by atoms with van der Waals surface area (Å²) in [5.74, 6) is 3.96. The van der Waals surface area contributed by atoms with Crippen LogP contribution < -0.4 is 4.90 Å². The van der Waals surface area contributed by atoms with Gasteiger partial charge in [-0.05, 0) is 31.2 Å². The molecule has 1 aliphatic rings. The van der Waals surface area contributed by atoms with Gasteiger partial charge in [0.25, 0.3) is 0 Å². The Bertz CT molecular complexity index is 887. The number of aliphatic carboxylic acids is 1. The molecule has 0 saturated carbocycles. The number of carboxylic acid groups (broad SMARTS) is 1. The number of amides is 1. The first-order valence-corrected chi connectivity index (χ1v) is 10.0. The maximum Gasteiger partial charge on any atom is 0.414 e. The first kappa shape index (κ1) is 20.7. The number of hydrogen-bond acceptors (Lipinski definition) is 5. The molecule has 0 aliphatic carbocycles. The second-order valence-electron chi connectivity index (χ2n) is 6.42. The average molecular weight is 397 g/mol. The van der Waals surface area contributed by atoms with Gasteiger partial charge in [-0.25, -0.2) is 13.2 Å². The third-order valence-corrected chi connectivity index (χ3v) is 6.37. The summed E-state index contributed by atoms with van der Waals surface area (Å²) >= 11 is 0. The lowest BCUT2D eigenvalue weighted by molar-refractivity contribution is -0.140. The number of carbonyl (C=O) groups is 2. The number of alkyl halides is 1. The number of anilines is 1. The van der Waals surface area contributed by atoms with Crippen LogP contribution in [0.5, 0.6) is 0 Å². The van der Waals surface area contributed by atoms with Crippen LogP contribution in [0.2, 0.25) is 0 Å². The third-order valence-electron chi connectivity index (χ3n) is 4.39. The molecule has 1 aromatic carbocycles. The van der Waals surface area contributed by atoms with E-state index in [0.717, 1.165) is 13.2 Å². The lowest BCUT2D eigenvalue weighted by Gasteiger charge is -2.24. The summed E-state index contributed by atoms with van der Waals surface area (Å²) in [5.41, 5.74) is 1.17. The van der Waals surface area contributed by atoms with Crippen LogP contribution in [0.4, 0.5) is 14.9 Å². The Labute approximate surface area is 157 Å². The van der Waals surface area contributed by atoms with E-state index >= 15 is 0 Å². The molecular formula is C18H20FNO6S. The van der Waals surface area contributed by atoms with Crippen molar-refractivity contribution >= 4 is 27.6 Å². The molecule has 1 fully saturated rings. The summed E-state index contributed by atoms with van der Waals surface area (Å²) < 4.78 is 38.9. The third kappa shape index (κ3) is 4.57. The molecule has 2 atom stereocenters. The number of sulfone groups is 1. The van der Waals surface area contributed by atoms with Crippen molar-refractivity contribution in [2.45, 2.75) is 30.6 Å². The summed E-state index contributed by atoms with van der Waals surface area (Å²) in [6.07, 6.45) is -0.922. The maximum absolute atomic E-state index is 12.1. The number of hydrogen-bond donors (Lipinski definition) is 1. The van der Waals surface area contributed by atoms with E-state index in [4.69, 9.17) is 4.74 Å². The lowest BCUT2D eigenvalue weighted by Crippen LogP contribution is -2.46. The molecule has 0 bridgehead atoms. The smallest absolute Gasteiger partial charge is 0.414 e. The predicted molar refractivity (Wildman–Crippen MR) is 97.0 cm³/mol. The molecule has 2 rings (SSSR count). The zero-order valence-electron chi connectivity index (χ0n) is 14.9. The minimum atomic E-state index is -3.92. The van der Waals surface area contributed by atoms with Crippen LogP contribution in [-0.2, 0) is 19.4 Å². The molecule has 7 nitrogen and oxygen atoms in total. The fourth-order valence-electron chi connectivity index (χ4n) is 2.61. The van der Waals surface area contributed by atoms with Gasteiger partial charge in [0, 0.05) is 30.3 Å². The minimum absolute atomic E-state index is 0.0318. The second kappa shape index (κ2) is 7.96. The predicted octanol–water partition coefficient (Wildman–Crippen LogP) is 2.00. The normalized spacial score (nSPS) is 19.0. The standard InChI is InChI=1S/C18H20FNO6S/c1-18(16(21)22,27(2,24)25)11-15-12-20(17(23)26-15)14-8-6-13(7-9-14)5-3-4-10-19/h6-9,15H,4,10-12H2,1-2H3,(H,21,22)/t15-,18+/m0/s1. The Hall–Kier alpha value is -2.60. The Morgan fingerprint density at radius 2 is 2.04 bits per heavy atom. The van der Waals surface area contributed by atoms with Crippen LogP contribution in [0, 0.1) is 11.8 Å². The van der Waals surface area contributed by atoms with Crippen LogP contribution in [-0.4, -0.2) is 55.9 Å². The van der Waals surface area contributed by atoms with E-state index in [1.165, 1.54) is 4.90 Å². The highest BCUT2D eigenvalue weighted by Gasteiger charge is 2.48. The van der Waals surface area contributed by atoms with Gasteiger partial charge in [0.2, 0.25) is 0 Å². The first-order valence-electron chi connectivity index (χ1n) is 8.14. The Balaban J connectivity index is 2.14. The van der Waals surface area contributed by atoms with Gasteiger partial charge >= 0.3 is 12.1 Å². The van der Waals surface area contributed by atoms with Gasteiger partial charge in [-0.15, -0.1) is 0 Å². The highest BCUT2D eigenvalue weighted by Crippen LogP contribution is 2.30. The summed E-state index contributed by atoms with van der Waals surface area (Å²) in [4.78, 5) is 24.9. The Kier molecular flexibility index (Phi) is 6.11. The van der Waals surface area contributed by atoms with Crippen molar-refractivity contribution in [3.8, 4) is 11.8 Å². The number of rotatable bonds is 6. The second-order valence-corrected chi connectivity index (χ2v) is 8.86. The molecule has 1 amide bonds. The highest BCUT2D eigenvalue weighted by molar-refractivity contribution is 7.92. The average Bonchev–Trinajstić information content (AvgIpc) is 2.94. The Morgan fingerprint density at radius 1 is 1.41 bits per heavy atom. The Morgan fingerprint density at radius 3 is 2.56 bits per heavy atom. The van der Waals surface area contributed by atoms with Gasteiger partial charge in [-0.1, -0.05) is 11.8 Å². The fraction of sp³-hybridized carbons (Fsp3) is 0.444. The van der Waals surface area contributed by atoms with E-state index in [-0.39, 0.29) is 19.4 Å². The van der Waals surface area contributed by atoms with E-state index in [1.54, 1.807) is 24.3 Å². The van der Waals surface area contributed by atoms with Gasteiger partial charge in [-0.2, -0.15) is 0 Å². The zero-order valence-corrected chi connectivity index (χ0v) is 15.8. The van der Waals surface area contributed by atoms with Crippen LogP contribution in [0.15, 0.2) is 24.3 Å². The van der Waals surface area contributed by atoms with Gasteiger partial charge in [0.05, 0.1) is 6.54 Å². The van der Waals surface area contributed by atoms with E-state index < -0.39 is 39.4 Å². The number of cyclic esters (lactones) is 1. The molecule has 1 N–H and O–H groups in total. The van der Waals surface area contributed by atoms with E-state index in [2.05, 4.69) is 11.8 Å². The van der Waals surface area contributed by atoms with Gasteiger partial charge in [0.15, 0.2) is 14.6 Å². The minimum Gasteiger partial charge on any atom is -0.480 e. The number of halogens is 1. The quantitative estimate of drug-likeness (QED) is 0.737. The van der Waals surface area contributed by atoms with Crippen molar-refractivity contribution in [1.29, 1.82) is 0 Å². The van der Waals surface area contributed by atoms with Gasteiger partial charge < -0.3 is 9.84 Å². The topological polar surface area (TPSA) is 101 Å². The maximum atomic E-state index is 12.1. The van der Waals surface area contributed by atoms with Crippen molar-refractivity contribution in [3.05, 3.63) is 29.8 Å². The van der Waals surface area contributed by atoms with E-state index in [9.17, 15) is 27.5 Å². The molecule has 9 heteroatoms. The van der Waals surface area contributed by atoms with Crippen molar-refractivity contribution < 1.29 is 32.2 Å².